The molecule has 1 heterocycles. The summed E-state index contributed by atoms with van der Waals surface area (Å²) in [6, 6.07) is 16.7. The van der Waals surface area contributed by atoms with Crippen molar-refractivity contribution >= 4 is 33.2 Å². The number of nitrogens with one attached hydrogen (secondary N) is 1. The van der Waals surface area contributed by atoms with Crippen LogP contribution in [0, 0.1) is 12.7 Å². The highest BCUT2D eigenvalue weighted by Gasteiger charge is 2.28. The minimum Gasteiger partial charge on any atom is -0.370 e. The van der Waals surface area contributed by atoms with Gasteiger partial charge in [-0.2, -0.15) is 0 Å². The van der Waals surface area contributed by atoms with Crippen molar-refractivity contribution in [2.24, 2.45) is 0 Å². The van der Waals surface area contributed by atoms with Crippen LogP contribution in [0.5, 0.6) is 0 Å². The Labute approximate surface area is 197 Å². The van der Waals surface area contributed by atoms with Crippen LogP contribution in [0.1, 0.15) is 27.6 Å². The van der Waals surface area contributed by atoms with Crippen LogP contribution in [-0.4, -0.2) is 38.9 Å². The van der Waals surface area contributed by atoms with Gasteiger partial charge in [0.2, 0.25) is 0 Å². The fourth-order valence-electron chi connectivity index (χ4n) is 3.61. The number of benzene rings is 3. The number of nitrogens with zero attached hydrogens (tertiary/aromatic N) is 1. The van der Waals surface area contributed by atoms with Crippen LogP contribution in [0.2, 0.25) is 5.02 Å². The third-order valence-electron chi connectivity index (χ3n) is 5.44. The molecule has 0 aromatic heterocycles. The molecular formula is C24H22ClFN2O4S. The second-order valence-corrected chi connectivity index (χ2v) is 9.87. The number of halogens is 2. The molecule has 1 unspecified atom stereocenters. The zero-order valence-corrected chi connectivity index (χ0v) is 19.4. The number of rotatable bonds is 5. The molecule has 0 spiro atoms. The first-order valence-electron chi connectivity index (χ1n) is 10.3. The Morgan fingerprint density at radius 3 is 2.48 bits per heavy atom. The van der Waals surface area contributed by atoms with Crippen molar-refractivity contribution < 1.29 is 22.3 Å². The zero-order valence-electron chi connectivity index (χ0n) is 17.8. The molecule has 1 saturated heterocycles. The fourth-order valence-corrected chi connectivity index (χ4v) is 4.82. The van der Waals surface area contributed by atoms with E-state index in [9.17, 15) is 17.6 Å². The molecule has 3 aromatic carbocycles. The molecule has 9 heteroatoms. The predicted molar refractivity (Wildman–Crippen MR) is 124 cm³/mol. The maximum atomic E-state index is 13.3. The van der Waals surface area contributed by atoms with Gasteiger partial charge in [-0.15, -0.1) is 0 Å². The van der Waals surface area contributed by atoms with Crippen molar-refractivity contribution in [3.05, 3.63) is 94.3 Å². The maximum Gasteiger partial charge on any atom is 0.261 e. The van der Waals surface area contributed by atoms with E-state index in [-0.39, 0.29) is 22.6 Å². The Kier molecular flexibility index (Phi) is 6.69. The Morgan fingerprint density at radius 1 is 1.09 bits per heavy atom. The summed E-state index contributed by atoms with van der Waals surface area (Å²) < 4.78 is 47.1. The minimum atomic E-state index is -3.97. The first-order chi connectivity index (χ1) is 15.7. The maximum absolute atomic E-state index is 13.3. The van der Waals surface area contributed by atoms with Crippen LogP contribution < -0.4 is 4.72 Å². The molecule has 1 aliphatic heterocycles. The SMILES string of the molecule is Cc1ccc(S(=O)(=O)Nc2ccc(F)cc2)cc1C(=O)N1CCOC(c2ccc(Cl)cc2)C1. The van der Waals surface area contributed by atoms with Crippen molar-refractivity contribution in [1.29, 1.82) is 0 Å². The number of hydrogen-bond acceptors (Lipinski definition) is 4. The lowest BCUT2D eigenvalue weighted by Crippen LogP contribution is -2.42. The molecule has 3 aromatic rings. The van der Waals surface area contributed by atoms with Crippen molar-refractivity contribution in [2.75, 3.05) is 24.4 Å². The topological polar surface area (TPSA) is 75.7 Å². The summed E-state index contributed by atoms with van der Waals surface area (Å²) in [5.41, 5.74) is 2.10. The third-order valence-corrected chi connectivity index (χ3v) is 7.07. The highest BCUT2D eigenvalue weighted by atomic mass is 35.5. The zero-order chi connectivity index (χ0) is 23.6. The Morgan fingerprint density at radius 2 is 1.79 bits per heavy atom. The van der Waals surface area contributed by atoms with Crippen molar-refractivity contribution in [2.45, 2.75) is 17.9 Å². The quantitative estimate of drug-likeness (QED) is 0.559. The van der Waals surface area contributed by atoms with Crippen LogP contribution in [-0.2, 0) is 14.8 Å². The van der Waals surface area contributed by atoms with Crippen molar-refractivity contribution in [3.63, 3.8) is 0 Å². The molecule has 0 radical (unpaired) electrons. The average molecular weight is 489 g/mol. The summed E-state index contributed by atoms with van der Waals surface area (Å²) in [4.78, 5) is 14.9. The number of aryl methyl sites for hydroxylation is 1. The number of hydrogen-bond donors (Lipinski definition) is 1. The minimum absolute atomic E-state index is 0.0525. The van der Waals surface area contributed by atoms with E-state index in [0.29, 0.717) is 35.8 Å². The number of carbonyl (C=O) groups is 1. The van der Waals surface area contributed by atoms with Gasteiger partial charge in [0.05, 0.1) is 18.0 Å². The summed E-state index contributed by atoms with van der Waals surface area (Å²) in [6.07, 6.45) is -0.299. The van der Waals surface area contributed by atoms with Crippen molar-refractivity contribution in [3.8, 4) is 0 Å². The monoisotopic (exact) mass is 488 g/mol. The Hall–Kier alpha value is -2.94. The van der Waals surface area contributed by atoms with Crippen molar-refractivity contribution in [1.82, 2.24) is 4.90 Å². The standard InChI is InChI=1S/C24H22ClFN2O4S/c1-16-2-11-21(33(30,31)27-20-9-7-19(26)8-10-20)14-22(16)24(29)28-12-13-32-23(15-28)17-3-5-18(25)6-4-17/h2-11,14,23,27H,12-13,15H2,1H3. The Bertz CT molecular complexity index is 1260. The summed E-state index contributed by atoms with van der Waals surface area (Å²) in [7, 11) is -3.97. The number of morpholine rings is 1. The number of ether oxygens (including phenoxy) is 1. The van der Waals surface area contributed by atoms with Gasteiger partial charge in [-0.1, -0.05) is 29.8 Å². The lowest BCUT2D eigenvalue weighted by Gasteiger charge is -2.33. The number of anilines is 1. The van der Waals surface area contributed by atoms with E-state index >= 15 is 0 Å². The fraction of sp³-hybridized carbons (Fsp3) is 0.208. The molecule has 0 saturated carbocycles. The highest BCUT2D eigenvalue weighted by Crippen LogP contribution is 2.26. The number of carbonyl (C=O) groups excluding carboxylic acids is 1. The van der Waals surface area contributed by atoms with Crippen LogP contribution in [0.3, 0.4) is 0 Å². The van der Waals surface area contributed by atoms with Crippen LogP contribution in [0.4, 0.5) is 10.1 Å². The van der Waals surface area contributed by atoms with E-state index in [0.717, 1.165) is 17.7 Å². The lowest BCUT2D eigenvalue weighted by molar-refractivity contribution is -0.0228. The predicted octanol–water partition coefficient (Wildman–Crippen LogP) is 4.80. The van der Waals surface area contributed by atoms with E-state index < -0.39 is 15.8 Å². The summed E-state index contributed by atoms with van der Waals surface area (Å²) in [6.45, 7) is 2.86. The van der Waals surface area contributed by atoms with Gasteiger partial charge in [0.15, 0.2) is 0 Å². The molecule has 1 fully saturated rings. The molecule has 6 nitrogen and oxygen atoms in total. The number of amides is 1. The third kappa shape index (κ3) is 5.35. The second kappa shape index (κ2) is 9.51. The van der Waals surface area contributed by atoms with Gasteiger partial charge >= 0.3 is 0 Å². The van der Waals surface area contributed by atoms with Crippen LogP contribution in [0.15, 0.2) is 71.6 Å². The smallest absolute Gasteiger partial charge is 0.261 e. The van der Waals surface area contributed by atoms with E-state index in [4.69, 9.17) is 16.3 Å². The van der Waals surface area contributed by atoms with E-state index in [1.165, 1.54) is 24.3 Å². The largest absolute Gasteiger partial charge is 0.370 e. The van der Waals surface area contributed by atoms with Gasteiger partial charge in [0.1, 0.15) is 11.9 Å². The van der Waals surface area contributed by atoms with Gasteiger partial charge in [0.25, 0.3) is 15.9 Å². The van der Waals surface area contributed by atoms with E-state index in [1.54, 1.807) is 30.0 Å². The Balaban J connectivity index is 1.56. The lowest BCUT2D eigenvalue weighted by atomic mass is 10.0. The van der Waals surface area contributed by atoms with Gasteiger partial charge in [-0.05, 0) is 66.6 Å². The molecule has 1 amide bonds. The molecule has 1 atom stereocenters. The average Bonchev–Trinajstić information content (AvgIpc) is 2.81. The summed E-state index contributed by atoms with van der Waals surface area (Å²) in [5.74, 6) is -0.739. The normalized spacial score (nSPS) is 16.5. The number of sulfonamides is 1. The highest BCUT2D eigenvalue weighted by molar-refractivity contribution is 7.92. The first-order valence-corrected chi connectivity index (χ1v) is 12.1. The molecule has 172 valence electrons. The van der Waals surface area contributed by atoms with Gasteiger partial charge in [-0.3, -0.25) is 9.52 Å². The molecule has 33 heavy (non-hydrogen) atoms. The van der Waals surface area contributed by atoms with E-state index in [2.05, 4.69) is 4.72 Å². The summed E-state index contributed by atoms with van der Waals surface area (Å²) >= 11 is 5.96. The first kappa shape index (κ1) is 23.2. The van der Waals surface area contributed by atoms with Crippen LogP contribution in [0.25, 0.3) is 0 Å². The van der Waals surface area contributed by atoms with E-state index in [1.807, 2.05) is 12.1 Å². The molecule has 4 rings (SSSR count). The molecular weight excluding hydrogens is 467 g/mol. The van der Waals surface area contributed by atoms with Crippen LogP contribution >= 0.6 is 11.6 Å². The molecule has 0 aliphatic carbocycles. The van der Waals surface area contributed by atoms with Gasteiger partial charge in [0, 0.05) is 22.8 Å². The van der Waals surface area contributed by atoms with Gasteiger partial charge < -0.3 is 9.64 Å². The summed E-state index contributed by atoms with van der Waals surface area (Å²) in [5, 5.41) is 0.616. The van der Waals surface area contributed by atoms with Gasteiger partial charge in [-0.25, -0.2) is 12.8 Å². The molecule has 1 N–H and O–H groups in total. The molecule has 0 bridgehead atoms. The molecule has 1 aliphatic rings. The second-order valence-electron chi connectivity index (χ2n) is 7.75.